The molecule has 0 aliphatic heterocycles. The molecule has 1 heterocycles. The molecule has 0 unspecified atom stereocenters. The fraction of sp³-hybridized carbons (Fsp3) is 0.250. The number of aryl methyl sites for hydroxylation is 1. The number of ether oxygens (including phenoxy) is 1. The normalized spacial score (nSPS) is 11.5. The molecule has 0 radical (unpaired) electrons. The first-order chi connectivity index (χ1) is 13.4. The van der Waals surface area contributed by atoms with Crippen LogP contribution in [0.5, 0.6) is 0 Å². The van der Waals surface area contributed by atoms with Gasteiger partial charge in [-0.25, -0.2) is 8.42 Å². The van der Waals surface area contributed by atoms with Gasteiger partial charge in [-0.1, -0.05) is 33.6 Å². The number of oxazole rings is 1. The number of aromatic nitrogens is 1. The van der Waals surface area contributed by atoms with Gasteiger partial charge < -0.3 is 14.5 Å². The summed E-state index contributed by atoms with van der Waals surface area (Å²) in [7, 11) is -2.23. The second kappa shape index (κ2) is 8.89. The summed E-state index contributed by atoms with van der Waals surface area (Å²) in [5, 5.41) is 2.92. The van der Waals surface area contributed by atoms with E-state index in [1.807, 2.05) is 31.2 Å². The van der Waals surface area contributed by atoms with Crippen LogP contribution in [0.25, 0.3) is 11.5 Å². The Balaban J connectivity index is 2.03. The predicted molar refractivity (Wildman–Crippen MR) is 111 cm³/mol. The fourth-order valence-corrected chi connectivity index (χ4v) is 4.19. The van der Waals surface area contributed by atoms with Crippen molar-refractivity contribution in [3.63, 3.8) is 0 Å². The molecule has 0 aliphatic carbocycles. The van der Waals surface area contributed by atoms with Crippen LogP contribution in [0.4, 0.5) is 5.88 Å². The molecule has 0 aliphatic rings. The van der Waals surface area contributed by atoms with Crippen molar-refractivity contribution in [1.82, 2.24) is 4.98 Å². The Morgan fingerprint density at radius 2 is 1.93 bits per heavy atom. The van der Waals surface area contributed by atoms with Crippen LogP contribution < -0.4 is 5.32 Å². The van der Waals surface area contributed by atoms with Gasteiger partial charge in [0.15, 0.2) is 0 Å². The Kier molecular flexibility index (Phi) is 6.53. The third-order valence-corrected chi connectivity index (χ3v) is 6.26. The maximum absolute atomic E-state index is 13.2. The molecule has 28 heavy (non-hydrogen) atoms. The number of benzene rings is 2. The Morgan fingerprint density at radius 3 is 2.61 bits per heavy atom. The molecule has 0 bridgehead atoms. The lowest BCUT2D eigenvalue weighted by Gasteiger charge is -2.06. The van der Waals surface area contributed by atoms with Gasteiger partial charge in [-0.05, 0) is 49.7 Å². The zero-order valence-corrected chi connectivity index (χ0v) is 18.0. The summed E-state index contributed by atoms with van der Waals surface area (Å²) in [5.74, 6) is 0.393. The number of halogens is 1. The van der Waals surface area contributed by atoms with Crippen molar-refractivity contribution in [1.29, 1.82) is 0 Å². The molecule has 1 aromatic heterocycles. The lowest BCUT2D eigenvalue weighted by atomic mass is 10.1. The first-order valence-corrected chi connectivity index (χ1v) is 11.0. The van der Waals surface area contributed by atoms with Crippen molar-refractivity contribution in [2.45, 2.75) is 23.3 Å². The predicted octanol–water partition coefficient (Wildman–Crippen LogP) is 4.69. The number of sulfone groups is 1. The van der Waals surface area contributed by atoms with E-state index < -0.39 is 9.84 Å². The summed E-state index contributed by atoms with van der Waals surface area (Å²) in [6.45, 7) is 3.01. The largest absolute Gasteiger partial charge is 0.419 e. The zero-order chi connectivity index (χ0) is 20.1. The van der Waals surface area contributed by atoms with E-state index in [1.54, 1.807) is 19.2 Å². The van der Waals surface area contributed by atoms with Crippen LogP contribution in [-0.4, -0.2) is 33.7 Å². The number of hydrogen-bond acceptors (Lipinski definition) is 6. The Hall–Kier alpha value is -2.16. The standard InChI is InChI=1S/C20H21BrN2O4S/c1-14-5-3-6-15(13-14)18-23-20(19(27-18)22-11-4-12-26-2)28(24,25)17-9-7-16(21)8-10-17/h3,5-10,13,22H,4,11-12H2,1-2H3. The molecular formula is C20H21BrN2O4S. The summed E-state index contributed by atoms with van der Waals surface area (Å²) in [6.07, 6.45) is 0.703. The van der Waals surface area contributed by atoms with E-state index >= 15 is 0 Å². The molecule has 0 spiro atoms. The highest BCUT2D eigenvalue weighted by molar-refractivity contribution is 9.10. The molecule has 0 saturated heterocycles. The number of nitrogens with zero attached hydrogens (tertiary/aromatic N) is 1. The van der Waals surface area contributed by atoms with Crippen LogP contribution in [0.15, 0.2) is 67.3 Å². The van der Waals surface area contributed by atoms with Gasteiger partial charge in [-0.2, -0.15) is 4.98 Å². The second-order valence-electron chi connectivity index (χ2n) is 6.25. The molecule has 3 aromatic rings. The average molecular weight is 465 g/mol. The summed E-state index contributed by atoms with van der Waals surface area (Å²) < 4.78 is 38.0. The molecule has 0 saturated carbocycles. The minimum Gasteiger partial charge on any atom is -0.419 e. The molecular weight excluding hydrogens is 444 g/mol. The maximum atomic E-state index is 13.2. The molecule has 148 valence electrons. The van der Waals surface area contributed by atoms with E-state index in [-0.39, 0.29) is 21.7 Å². The van der Waals surface area contributed by atoms with Crippen LogP contribution in [-0.2, 0) is 14.6 Å². The SMILES string of the molecule is COCCCNc1oc(-c2cccc(C)c2)nc1S(=O)(=O)c1ccc(Br)cc1. The van der Waals surface area contributed by atoms with Crippen molar-refractivity contribution in [3.05, 3.63) is 58.6 Å². The number of anilines is 1. The van der Waals surface area contributed by atoms with E-state index in [2.05, 4.69) is 26.2 Å². The van der Waals surface area contributed by atoms with E-state index in [9.17, 15) is 8.42 Å². The molecule has 0 fully saturated rings. The van der Waals surface area contributed by atoms with Gasteiger partial charge in [0.2, 0.25) is 26.6 Å². The highest BCUT2D eigenvalue weighted by atomic mass is 79.9. The van der Waals surface area contributed by atoms with Crippen LogP contribution in [0.1, 0.15) is 12.0 Å². The first kappa shape index (κ1) is 20.6. The number of nitrogens with one attached hydrogen (secondary N) is 1. The van der Waals surface area contributed by atoms with E-state index in [0.717, 1.165) is 15.6 Å². The number of hydrogen-bond donors (Lipinski definition) is 1. The van der Waals surface area contributed by atoms with E-state index in [4.69, 9.17) is 9.15 Å². The van der Waals surface area contributed by atoms with Crippen LogP contribution in [0.3, 0.4) is 0 Å². The second-order valence-corrected chi connectivity index (χ2v) is 9.03. The number of rotatable bonds is 8. The molecule has 8 heteroatoms. The Bertz CT molecular complexity index is 1050. The lowest BCUT2D eigenvalue weighted by Crippen LogP contribution is -2.09. The van der Waals surface area contributed by atoms with Gasteiger partial charge in [0.05, 0.1) is 4.90 Å². The molecule has 1 N–H and O–H groups in total. The van der Waals surface area contributed by atoms with Gasteiger partial charge in [0.25, 0.3) is 0 Å². The Morgan fingerprint density at radius 1 is 1.18 bits per heavy atom. The topological polar surface area (TPSA) is 81.4 Å². The molecule has 6 nitrogen and oxygen atoms in total. The zero-order valence-electron chi connectivity index (χ0n) is 15.6. The van der Waals surface area contributed by atoms with Crippen LogP contribution in [0.2, 0.25) is 0 Å². The smallest absolute Gasteiger partial charge is 0.233 e. The molecule has 0 atom stereocenters. The highest BCUT2D eigenvalue weighted by Crippen LogP contribution is 2.33. The van der Waals surface area contributed by atoms with E-state index in [0.29, 0.717) is 19.6 Å². The molecule has 2 aromatic carbocycles. The molecule has 3 rings (SSSR count). The van der Waals surface area contributed by atoms with Crippen molar-refractivity contribution < 1.29 is 17.6 Å². The summed E-state index contributed by atoms with van der Waals surface area (Å²) in [6, 6.07) is 14.0. The Labute approximate surface area is 173 Å². The minimum absolute atomic E-state index is 0.122. The maximum Gasteiger partial charge on any atom is 0.233 e. The van der Waals surface area contributed by atoms with Crippen molar-refractivity contribution >= 4 is 31.7 Å². The van der Waals surface area contributed by atoms with Crippen molar-refractivity contribution in [3.8, 4) is 11.5 Å². The van der Waals surface area contributed by atoms with Crippen molar-refractivity contribution in [2.75, 3.05) is 25.6 Å². The van der Waals surface area contributed by atoms with Gasteiger partial charge in [0.1, 0.15) is 0 Å². The van der Waals surface area contributed by atoms with Gasteiger partial charge in [-0.3, -0.25) is 0 Å². The highest BCUT2D eigenvalue weighted by Gasteiger charge is 2.28. The van der Waals surface area contributed by atoms with Gasteiger partial charge in [0, 0.05) is 30.3 Å². The third kappa shape index (κ3) is 4.63. The fourth-order valence-electron chi connectivity index (χ4n) is 2.65. The van der Waals surface area contributed by atoms with E-state index in [1.165, 1.54) is 12.1 Å². The van der Waals surface area contributed by atoms with Crippen molar-refractivity contribution in [2.24, 2.45) is 0 Å². The third-order valence-electron chi connectivity index (χ3n) is 4.05. The molecule has 0 amide bonds. The number of methoxy groups -OCH3 is 1. The van der Waals surface area contributed by atoms with Gasteiger partial charge in [-0.15, -0.1) is 0 Å². The minimum atomic E-state index is -3.85. The lowest BCUT2D eigenvalue weighted by molar-refractivity contribution is 0.197. The summed E-state index contributed by atoms with van der Waals surface area (Å²) in [4.78, 5) is 4.48. The van der Waals surface area contributed by atoms with Crippen LogP contribution >= 0.6 is 15.9 Å². The average Bonchev–Trinajstić information content (AvgIpc) is 3.11. The van der Waals surface area contributed by atoms with Gasteiger partial charge >= 0.3 is 0 Å². The monoisotopic (exact) mass is 464 g/mol. The van der Waals surface area contributed by atoms with Crippen LogP contribution in [0, 0.1) is 6.92 Å². The summed E-state index contributed by atoms with van der Waals surface area (Å²) >= 11 is 3.32. The quantitative estimate of drug-likeness (QED) is 0.486. The first-order valence-electron chi connectivity index (χ1n) is 8.73. The summed E-state index contributed by atoms with van der Waals surface area (Å²) in [5.41, 5.74) is 1.75.